The molecule has 0 bridgehead atoms. The van der Waals surface area contributed by atoms with Crippen molar-refractivity contribution in [3.8, 4) is 5.75 Å². The van der Waals surface area contributed by atoms with Crippen LogP contribution >= 0.6 is 0 Å². The Balaban J connectivity index is 1.69. The standard InChI is InChI=1S/C18H18F2N2O4S/c1-26-14-3-5-15(6-4-14)27(24,25)22-10-8-21(9-11-22)18(23)16-7-2-13(19)12-17(16)20/h2-7,12H,8-11H2,1H3. The molecule has 27 heavy (non-hydrogen) atoms. The molecule has 1 amide bonds. The van der Waals surface area contributed by atoms with Gasteiger partial charge < -0.3 is 9.64 Å². The molecule has 6 nitrogen and oxygen atoms in total. The molecule has 0 atom stereocenters. The van der Waals surface area contributed by atoms with Crippen LogP contribution in [0.3, 0.4) is 0 Å². The van der Waals surface area contributed by atoms with Gasteiger partial charge in [-0.25, -0.2) is 17.2 Å². The fourth-order valence-corrected chi connectivity index (χ4v) is 4.28. The lowest BCUT2D eigenvalue weighted by atomic mass is 10.1. The lowest BCUT2D eigenvalue weighted by molar-refractivity contribution is 0.0693. The van der Waals surface area contributed by atoms with E-state index in [2.05, 4.69) is 0 Å². The van der Waals surface area contributed by atoms with E-state index < -0.39 is 27.6 Å². The molecular formula is C18H18F2N2O4S. The van der Waals surface area contributed by atoms with Gasteiger partial charge in [-0.2, -0.15) is 4.31 Å². The second-order valence-corrected chi connectivity index (χ2v) is 7.93. The fraction of sp³-hybridized carbons (Fsp3) is 0.278. The summed E-state index contributed by atoms with van der Waals surface area (Å²) in [5.74, 6) is -1.74. The molecule has 2 aromatic rings. The molecule has 1 fully saturated rings. The monoisotopic (exact) mass is 396 g/mol. The quantitative estimate of drug-likeness (QED) is 0.794. The van der Waals surface area contributed by atoms with E-state index >= 15 is 0 Å². The van der Waals surface area contributed by atoms with Crippen LogP contribution in [-0.4, -0.2) is 56.8 Å². The number of methoxy groups -OCH3 is 1. The predicted molar refractivity (Wildman–Crippen MR) is 94.0 cm³/mol. The van der Waals surface area contributed by atoms with Gasteiger partial charge in [0.2, 0.25) is 10.0 Å². The minimum absolute atomic E-state index is 0.0862. The maximum absolute atomic E-state index is 13.8. The van der Waals surface area contributed by atoms with E-state index in [1.165, 1.54) is 28.4 Å². The Hall–Kier alpha value is -2.52. The lowest BCUT2D eigenvalue weighted by Crippen LogP contribution is -2.50. The molecule has 9 heteroatoms. The maximum Gasteiger partial charge on any atom is 0.256 e. The zero-order valence-corrected chi connectivity index (χ0v) is 15.4. The molecule has 0 saturated carbocycles. The first-order valence-corrected chi connectivity index (χ1v) is 9.65. The zero-order valence-electron chi connectivity index (χ0n) is 14.6. The van der Waals surface area contributed by atoms with Crippen LogP contribution < -0.4 is 4.74 Å². The summed E-state index contributed by atoms with van der Waals surface area (Å²) >= 11 is 0. The van der Waals surface area contributed by atoms with Crippen LogP contribution in [0, 0.1) is 11.6 Å². The molecule has 0 unspecified atom stereocenters. The van der Waals surface area contributed by atoms with E-state index in [9.17, 15) is 22.0 Å². The minimum Gasteiger partial charge on any atom is -0.497 e. The van der Waals surface area contributed by atoms with Crippen molar-refractivity contribution in [2.45, 2.75) is 4.90 Å². The summed E-state index contributed by atoms with van der Waals surface area (Å²) in [6, 6.07) is 8.79. The third-order valence-electron chi connectivity index (χ3n) is 4.38. The van der Waals surface area contributed by atoms with Crippen molar-refractivity contribution < 1.29 is 26.7 Å². The molecule has 2 aromatic carbocycles. The first-order valence-electron chi connectivity index (χ1n) is 8.21. The van der Waals surface area contributed by atoms with E-state index in [1.807, 2.05) is 0 Å². The van der Waals surface area contributed by atoms with Crippen molar-refractivity contribution in [3.05, 3.63) is 59.7 Å². The number of carbonyl (C=O) groups excluding carboxylic acids is 1. The Morgan fingerprint density at radius 3 is 2.19 bits per heavy atom. The summed E-state index contributed by atoms with van der Waals surface area (Å²) in [6.45, 7) is 0.405. The van der Waals surface area contributed by atoms with Gasteiger partial charge in [0.1, 0.15) is 17.4 Å². The summed E-state index contributed by atoms with van der Waals surface area (Å²) in [7, 11) is -2.21. The van der Waals surface area contributed by atoms with Gasteiger partial charge in [-0.1, -0.05) is 0 Å². The maximum atomic E-state index is 13.8. The van der Waals surface area contributed by atoms with Crippen LogP contribution in [0.25, 0.3) is 0 Å². The number of rotatable bonds is 4. The Kier molecular flexibility index (Phi) is 5.43. The summed E-state index contributed by atoms with van der Waals surface area (Å²) < 4.78 is 58.5. The molecule has 0 N–H and O–H groups in total. The van der Waals surface area contributed by atoms with E-state index in [-0.39, 0.29) is 36.6 Å². The number of halogens is 2. The highest BCUT2D eigenvalue weighted by Gasteiger charge is 2.31. The lowest BCUT2D eigenvalue weighted by Gasteiger charge is -2.34. The Labute approximate surface area is 156 Å². The van der Waals surface area contributed by atoms with Crippen molar-refractivity contribution in [1.82, 2.24) is 9.21 Å². The first kappa shape index (κ1) is 19.2. The Morgan fingerprint density at radius 2 is 1.63 bits per heavy atom. The molecule has 144 valence electrons. The van der Waals surface area contributed by atoms with Crippen LogP contribution in [0.15, 0.2) is 47.4 Å². The molecule has 1 saturated heterocycles. The number of ether oxygens (including phenoxy) is 1. The van der Waals surface area contributed by atoms with Gasteiger partial charge in [0, 0.05) is 32.2 Å². The highest BCUT2D eigenvalue weighted by Crippen LogP contribution is 2.21. The molecule has 0 spiro atoms. The second-order valence-electron chi connectivity index (χ2n) is 6.00. The number of hydrogen-bond acceptors (Lipinski definition) is 4. The summed E-state index contributed by atoms with van der Waals surface area (Å²) in [4.78, 5) is 13.9. The smallest absolute Gasteiger partial charge is 0.256 e. The van der Waals surface area contributed by atoms with Gasteiger partial charge in [0.25, 0.3) is 5.91 Å². The SMILES string of the molecule is COc1ccc(S(=O)(=O)N2CCN(C(=O)c3ccc(F)cc3F)CC2)cc1. The van der Waals surface area contributed by atoms with Crippen LogP contribution in [-0.2, 0) is 10.0 Å². The molecule has 3 rings (SSSR count). The van der Waals surface area contributed by atoms with Gasteiger partial charge in [-0.05, 0) is 36.4 Å². The minimum atomic E-state index is -3.70. The topological polar surface area (TPSA) is 66.9 Å². The number of piperazine rings is 1. The third-order valence-corrected chi connectivity index (χ3v) is 6.30. The summed E-state index contributed by atoms with van der Waals surface area (Å²) in [6.07, 6.45) is 0. The van der Waals surface area contributed by atoms with Crippen LogP contribution in [0.1, 0.15) is 10.4 Å². The van der Waals surface area contributed by atoms with Gasteiger partial charge in [0.15, 0.2) is 0 Å². The summed E-state index contributed by atoms with van der Waals surface area (Å²) in [5.41, 5.74) is -0.233. The van der Waals surface area contributed by atoms with Crippen LogP contribution in [0.5, 0.6) is 5.75 Å². The van der Waals surface area contributed by atoms with E-state index in [4.69, 9.17) is 4.74 Å². The normalized spacial score (nSPS) is 15.6. The molecule has 1 aliphatic rings. The van der Waals surface area contributed by atoms with Crippen molar-refractivity contribution >= 4 is 15.9 Å². The molecule has 0 aromatic heterocycles. The van der Waals surface area contributed by atoms with Crippen molar-refractivity contribution in [3.63, 3.8) is 0 Å². The Bertz CT molecular complexity index is 940. The van der Waals surface area contributed by atoms with Gasteiger partial charge in [-0.3, -0.25) is 4.79 Å². The van der Waals surface area contributed by atoms with Gasteiger partial charge >= 0.3 is 0 Å². The van der Waals surface area contributed by atoms with Crippen molar-refractivity contribution in [1.29, 1.82) is 0 Å². The largest absolute Gasteiger partial charge is 0.497 e. The highest BCUT2D eigenvalue weighted by molar-refractivity contribution is 7.89. The number of sulfonamides is 1. The van der Waals surface area contributed by atoms with E-state index in [0.29, 0.717) is 11.8 Å². The highest BCUT2D eigenvalue weighted by atomic mass is 32.2. The van der Waals surface area contributed by atoms with Gasteiger partial charge in [-0.15, -0.1) is 0 Å². The zero-order chi connectivity index (χ0) is 19.6. The number of amides is 1. The van der Waals surface area contributed by atoms with E-state index in [0.717, 1.165) is 12.1 Å². The predicted octanol–water partition coefficient (Wildman–Crippen LogP) is 2.12. The Morgan fingerprint density at radius 1 is 1.00 bits per heavy atom. The summed E-state index contributed by atoms with van der Waals surface area (Å²) in [5, 5.41) is 0. The average molecular weight is 396 g/mol. The molecular weight excluding hydrogens is 378 g/mol. The number of hydrogen-bond donors (Lipinski definition) is 0. The first-order chi connectivity index (χ1) is 12.8. The van der Waals surface area contributed by atoms with Crippen LogP contribution in [0.2, 0.25) is 0 Å². The van der Waals surface area contributed by atoms with Crippen molar-refractivity contribution in [2.24, 2.45) is 0 Å². The van der Waals surface area contributed by atoms with E-state index in [1.54, 1.807) is 12.1 Å². The molecule has 1 heterocycles. The number of carbonyl (C=O) groups is 1. The van der Waals surface area contributed by atoms with Gasteiger partial charge in [0.05, 0.1) is 17.6 Å². The third kappa shape index (κ3) is 3.93. The number of nitrogens with zero attached hydrogens (tertiary/aromatic N) is 2. The number of benzene rings is 2. The van der Waals surface area contributed by atoms with Crippen LogP contribution in [0.4, 0.5) is 8.78 Å². The fourth-order valence-electron chi connectivity index (χ4n) is 2.86. The van der Waals surface area contributed by atoms with Crippen molar-refractivity contribution in [2.75, 3.05) is 33.3 Å². The second kappa shape index (κ2) is 7.61. The molecule has 0 aliphatic carbocycles. The molecule has 0 radical (unpaired) electrons. The molecule has 1 aliphatic heterocycles. The average Bonchev–Trinajstić information content (AvgIpc) is 2.67.